The van der Waals surface area contributed by atoms with Gasteiger partial charge >= 0.3 is 0 Å². The van der Waals surface area contributed by atoms with Gasteiger partial charge in [0.25, 0.3) is 0 Å². The first-order valence-corrected chi connectivity index (χ1v) is 10.5. The summed E-state index contributed by atoms with van der Waals surface area (Å²) in [5, 5.41) is 11.2. The van der Waals surface area contributed by atoms with Crippen LogP contribution in [-0.4, -0.2) is 37.9 Å². The zero-order valence-corrected chi connectivity index (χ0v) is 16.2. The van der Waals surface area contributed by atoms with Crippen molar-refractivity contribution < 1.29 is 4.79 Å². The zero-order valence-electron chi connectivity index (χ0n) is 14.5. The quantitative estimate of drug-likeness (QED) is 0.631. The Bertz CT molecular complexity index is 890. The lowest BCUT2D eigenvalue weighted by molar-refractivity contribution is -0.129. The Kier molecular flexibility index (Phi) is 5.08. The van der Waals surface area contributed by atoms with E-state index in [0.29, 0.717) is 5.75 Å². The Balaban J connectivity index is 1.40. The molecule has 0 fully saturated rings. The number of rotatable bonds is 5. The van der Waals surface area contributed by atoms with Crippen LogP contribution in [0.1, 0.15) is 29.0 Å². The summed E-state index contributed by atoms with van der Waals surface area (Å²) in [6, 6.07) is 12.5. The summed E-state index contributed by atoms with van der Waals surface area (Å²) in [4.78, 5) is 16.0. The summed E-state index contributed by atoms with van der Waals surface area (Å²) < 4.78 is 2.03. The molecule has 0 saturated heterocycles. The first-order valence-electron chi connectivity index (χ1n) is 8.62. The Morgan fingerprint density at radius 2 is 2.15 bits per heavy atom. The van der Waals surface area contributed by atoms with Crippen molar-refractivity contribution in [2.75, 3.05) is 12.3 Å². The van der Waals surface area contributed by atoms with E-state index in [4.69, 9.17) is 0 Å². The van der Waals surface area contributed by atoms with Gasteiger partial charge in [-0.1, -0.05) is 42.1 Å². The number of amides is 1. The standard InChI is InChI=1S/C19H20N4OS2/c1-14(15-5-3-2-4-6-15)23-13-20-21-19(23)26-12-18(24)22-9-7-17-16(11-22)8-10-25-17/h2-6,8,10,13-14H,7,9,11-12H2,1H3/t14-/m1/s1. The SMILES string of the molecule is C[C@H](c1ccccc1)n1cnnc1SCC(=O)N1CCc2sccc2C1. The lowest BCUT2D eigenvalue weighted by Gasteiger charge is -2.27. The number of carbonyl (C=O) groups excluding carboxylic acids is 1. The number of hydrogen-bond acceptors (Lipinski definition) is 5. The molecule has 0 unspecified atom stereocenters. The molecule has 0 N–H and O–H groups in total. The van der Waals surface area contributed by atoms with Gasteiger partial charge in [-0.2, -0.15) is 0 Å². The van der Waals surface area contributed by atoms with Crippen LogP contribution in [0.3, 0.4) is 0 Å². The smallest absolute Gasteiger partial charge is 0.233 e. The number of carbonyl (C=O) groups is 1. The van der Waals surface area contributed by atoms with Crippen LogP contribution in [0.4, 0.5) is 0 Å². The van der Waals surface area contributed by atoms with Crippen LogP contribution in [0.25, 0.3) is 0 Å². The van der Waals surface area contributed by atoms with Gasteiger partial charge in [0.2, 0.25) is 5.91 Å². The van der Waals surface area contributed by atoms with E-state index in [9.17, 15) is 4.79 Å². The summed E-state index contributed by atoms with van der Waals surface area (Å²) in [5.74, 6) is 0.549. The summed E-state index contributed by atoms with van der Waals surface area (Å²) in [6.07, 6.45) is 2.70. The second-order valence-corrected chi connectivity index (χ2v) is 8.27. The van der Waals surface area contributed by atoms with Crippen LogP contribution in [0, 0.1) is 0 Å². The van der Waals surface area contributed by atoms with Gasteiger partial charge in [0.1, 0.15) is 6.33 Å². The molecule has 0 saturated carbocycles. The second kappa shape index (κ2) is 7.63. The monoisotopic (exact) mass is 384 g/mol. The molecule has 26 heavy (non-hydrogen) atoms. The molecule has 5 nitrogen and oxygen atoms in total. The molecule has 0 spiro atoms. The van der Waals surface area contributed by atoms with E-state index in [1.54, 1.807) is 17.7 Å². The van der Waals surface area contributed by atoms with E-state index in [1.165, 1.54) is 27.8 Å². The second-order valence-electron chi connectivity index (χ2n) is 6.33. The molecule has 1 atom stereocenters. The third-order valence-electron chi connectivity index (χ3n) is 4.72. The largest absolute Gasteiger partial charge is 0.337 e. The van der Waals surface area contributed by atoms with Crippen molar-refractivity contribution in [2.24, 2.45) is 0 Å². The molecule has 0 aliphatic carbocycles. The number of thioether (sulfide) groups is 1. The normalized spacial score (nSPS) is 14.9. The van der Waals surface area contributed by atoms with Crippen molar-refractivity contribution in [3.05, 3.63) is 64.1 Å². The fourth-order valence-corrected chi connectivity index (χ4v) is 4.96. The van der Waals surface area contributed by atoms with Crippen LogP contribution in [0.15, 0.2) is 53.3 Å². The lowest BCUT2D eigenvalue weighted by atomic mass is 10.1. The van der Waals surface area contributed by atoms with E-state index < -0.39 is 0 Å². The average Bonchev–Trinajstić information content (AvgIpc) is 3.34. The number of benzene rings is 1. The van der Waals surface area contributed by atoms with Crippen molar-refractivity contribution in [3.8, 4) is 0 Å². The zero-order chi connectivity index (χ0) is 17.9. The highest BCUT2D eigenvalue weighted by atomic mass is 32.2. The lowest BCUT2D eigenvalue weighted by Crippen LogP contribution is -2.36. The maximum Gasteiger partial charge on any atom is 0.233 e. The molecule has 2 aromatic heterocycles. The molecule has 1 aliphatic rings. The molecule has 1 aliphatic heterocycles. The maximum absolute atomic E-state index is 12.6. The summed E-state index contributed by atoms with van der Waals surface area (Å²) in [5.41, 5.74) is 2.49. The van der Waals surface area contributed by atoms with Crippen LogP contribution in [0.5, 0.6) is 0 Å². The topological polar surface area (TPSA) is 51.0 Å². The van der Waals surface area contributed by atoms with Crippen LogP contribution in [0.2, 0.25) is 0 Å². The van der Waals surface area contributed by atoms with E-state index in [0.717, 1.165) is 24.7 Å². The highest BCUT2D eigenvalue weighted by Crippen LogP contribution is 2.27. The predicted molar refractivity (Wildman–Crippen MR) is 104 cm³/mol. The maximum atomic E-state index is 12.6. The van der Waals surface area contributed by atoms with Gasteiger partial charge < -0.3 is 9.47 Å². The average molecular weight is 385 g/mol. The molecule has 1 aromatic carbocycles. The number of hydrogen-bond donors (Lipinski definition) is 0. The van der Waals surface area contributed by atoms with Crippen molar-refractivity contribution in [1.29, 1.82) is 0 Å². The summed E-state index contributed by atoms with van der Waals surface area (Å²) in [7, 11) is 0. The van der Waals surface area contributed by atoms with E-state index >= 15 is 0 Å². The summed E-state index contributed by atoms with van der Waals surface area (Å²) in [6.45, 7) is 3.65. The molecule has 1 amide bonds. The van der Waals surface area contributed by atoms with E-state index in [-0.39, 0.29) is 11.9 Å². The molecule has 0 bridgehead atoms. The number of nitrogens with zero attached hydrogens (tertiary/aromatic N) is 4. The molecular formula is C19H20N4OS2. The van der Waals surface area contributed by atoms with Gasteiger partial charge in [-0.3, -0.25) is 4.79 Å². The first kappa shape index (κ1) is 17.3. The molecule has 3 heterocycles. The predicted octanol–water partition coefficient (Wildman–Crippen LogP) is 3.63. The van der Waals surface area contributed by atoms with Crippen molar-refractivity contribution >= 4 is 29.0 Å². The number of fused-ring (bicyclic) bond motifs is 1. The molecule has 7 heteroatoms. The Hall–Kier alpha value is -2.12. The third-order valence-corrected chi connectivity index (χ3v) is 6.69. The fourth-order valence-electron chi connectivity index (χ4n) is 3.17. The number of aromatic nitrogens is 3. The first-order chi connectivity index (χ1) is 12.7. The molecular weight excluding hydrogens is 364 g/mol. The van der Waals surface area contributed by atoms with Gasteiger partial charge in [0, 0.05) is 18.0 Å². The Morgan fingerprint density at radius 1 is 1.31 bits per heavy atom. The van der Waals surface area contributed by atoms with Gasteiger partial charge in [-0.15, -0.1) is 21.5 Å². The summed E-state index contributed by atoms with van der Waals surface area (Å²) >= 11 is 3.25. The minimum absolute atomic E-state index is 0.132. The van der Waals surface area contributed by atoms with E-state index in [1.807, 2.05) is 27.7 Å². The van der Waals surface area contributed by atoms with Crippen LogP contribution >= 0.6 is 23.1 Å². The third kappa shape index (κ3) is 3.54. The van der Waals surface area contributed by atoms with Crippen molar-refractivity contribution in [3.63, 3.8) is 0 Å². The van der Waals surface area contributed by atoms with Gasteiger partial charge in [-0.05, 0) is 35.9 Å². The molecule has 134 valence electrons. The van der Waals surface area contributed by atoms with Crippen molar-refractivity contribution in [2.45, 2.75) is 31.1 Å². The van der Waals surface area contributed by atoms with Gasteiger partial charge in [-0.25, -0.2) is 0 Å². The highest BCUT2D eigenvalue weighted by Gasteiger charge is 2.22. The molecule has 3 aromatic rings. The molecule has 0 radical (unpaired) electrons. The van der Waals surface area contributed by atoms with Crippen LogP contribution in [-0.2, 0) is 17.8 Å². The number of thiophene rings is 1. The molecule has 4 rings (SSSR count). The van der Waals surface area contributed by atoms with Gasteiger partial charge in [0.15, 0.2) is 5.16 Å². The Labute approximate surface area is 161 Å². The fraction of sp³-hybridized carbons (Fsp3) is 0.316. The van der Waals surface area contributed by atoms with E-state index in [2.05, 4.69) is 40.7 Å². The minimum atomic E-state index is 0.132. The minimum Gasteiger partial charge on any atom is -0.337 e. The highest BCUT2D eigenvalue weighted by molar-refractivity contribution is 7.99. The van der Waals surface area contributed by atoms with Crippen LogP contribution < -0.4 is 0 Å². The van der Waals surface area contributed by atoms with Gasteiger partial charge in [0.05, 0.1) is 11.8 Å². The Morgan fingerprint density at radius 3 is 3.00 bits per heavy atom. The van der Waals surface area contributed by atoms with Crippen molar-refractivity contribution in [1.82, 2.24) is 19.7 Å².